The first-order valence-electron chi connectivity index (χ1n) is 6.79. The Morgan fingerprint density at radius 2 is 2.05 bits per heavy atom. The molecule has 1 aliphatic heterocycles. The van der Waals surface area contributed by atoms with Gasteiger partial charge in [0.1, 0.15) is 6.61 Å². The predicted molar refractivity (Wildman–Crippen MR) is 73.6 cm³/mol. The Labute approximate surface area is 113 Å². The average molecular weight is 257 g/mol. The van der Waals surface area contributed by atoms with E-state index in [0.29, 0.717) is 17.9 Å². The van der Waals surface area contributed by atoms with Crippen LogP contribution in [0.25, 0.3) is 0 Å². The molecule has 3 nitrogen and oxygen atoms in total. The fourth-order valence-corrected chi connectivity index (χ4v) is 3.18. The van der Waals surface area contributed by atoms with Crippen LogP contribution < -0.4 is 0 Å². The van der Waals surface area contributed by atoms with Crippen molar-refractivity contribution in [1.82, 2.24) is 4.90 Å². The zero-order chi connectivity index (χ0) is 13.3. The van der Waals surface area contributed by atoms with E-state index in [1.807, 2.05) is 41.3 Å². The Balaban J connectivity index is 1.43. The third-order valence-electron chi connectivity index (χ3n) is 4.24. The Morgan fingerprint density at radius 1 is 1.37 bits per heavy atom. The summed E-state index contributed by atoms with van der Waals surface area (Å²) in [5.74, 6) is 0.655. The Kier molecular flexibility index (Phi) is 3.05. The molecular formula is C16H19NO2. The number of rotatable bonds is 3. The smallest absolute Gasteiger partial charge is 0.410 e. The highest BCUT2D eigenvalue weighted by Crippen LogP contribution is 2.52. The van der Waals surface area contributed by atoms with Crippen LogP contribution >= 0.6 is 0 Å². The van der Waals surface area contributed by atoms with Gasteiger partial charge in [-0.2, -0.15) is 0 Å². The van der Waals surface area contributed by atoms with E-state index in [0.717, 1.165) is 18.7 Å². The van der Waals surface area contributed by atoms with Crippen LogP contribution in [-0.2, 0) is 11.3 Å². The fourth-order valence-electron chi connectivity index (χ4n) is 3.18. The van der Waals surface area contributed by atoms with Crippen LogP contribution in [0.15, 0.2) is 43.0 Å². The lowest BCUT2D eigenvalue weighted by atomic mass is 9.58. The first-order valence-corrected chi connectivity index (χ1v) is 6.79. The van der Waals surface area contributed by atoms with Crippen molar-refractivity contribution in [3.63, 3.8) is 0 Å². The third-order valence-corrected chi connectivity index (χ3v) is 4.24. The topological polar surface area (TPSA) is 29.5 Å². The number of hydrogen-bond donors (Lipinski definition) is 0. The summed E-state index contributed by atoms with van der Waals surface area (Å²) in [6, 6.07) is 9.78. The van der Waals surface area contributed by atoms with Crippen LogP contribution in [0.5, 0.6) is 0 Å². The van der Waals surface area contributed by atoms with Crippen molar-refractivity contribution < 1.29 is 9.53 Å². The molecule has 0 bridgehead atoms. The highest BCUT2D eigenvalue weighted by molar-refractivity contribution is 5.69. The second kappa shape index (κ2) is 4.72. The minimum Gasteiger partial charge on any atom is -0.445 e. The van der Waals surface area contributed by atoms with E-state index in [4.69, 9.17) is 4.74 Å². The van der Waals surface area contributed by atoms with E-state index in [1.54, 1.807) is 0 Å². The largest absolute Gasteiger partial charge is 0.445 e. The standard InChI is InChI=1S/C16H19NO2/c1-2-13-8-16(9-13)11-17(12-16)15(18)19-10-14-6-4-3-5-7-14/h2-7,13H,1,8-12H2. The van der Waals surface area contributed by atoms with Crippen molar-refractivity contribution in [1.29, 1.82) is 0 Å². The molecule has 1 aromatic carbocycles. The number of hydrogen-bond acceptors (Lipinski definition) is 2. The summed E-state index contributed by atoms with van der Waals surface area (Å²) in [5.41, 5.74) is 1.41. The molecule has 0 radical (unpaired) electrons. The van der Waals surface area contributed by atoms with Gasteiger partial charge in [-0.25, -0.2) is 4.79 Å². The van der Waals surface area contributed by atoms with Gasteiger partial charge in [0, 0.05) is 18.5 Å². The van der Waals surface area contributed by atoms with Gasteiger partial charge in [-0.05, 0) is 24.3 Å². The highest BCUT2D eigenvalue weighted by atomic mass is 16.6. The number of amides is 1. The van der Waals surface area contributed by atoms with E-state index in [9.17, 15) is 4.79 Å². The van der Waals surface area contributed by atoms with Gasteiger partial charge in [0.2, 0.25) is 0 Å². The normalized spacial score (nSPS) is 20.5. The molecule has 1 spiro atoms. The number of likely N-dealkylation sites (tertiary alicyclic amines) is 1. The predicted octanol–water partition coefficient (Wildman–Crippen LogP) is 3.22. The number of carbonyl (C=O) groups excluding carboxylic acids is 1. The average Bonchev–Trinajstić information content (AvgIpc) is 2.34. The van der Waals surface area contributed by atoms with Crippen molar-refractivity contribution >= 4 is 6.09 Å². The van der Waals surface area contributed by atoms with Crippen LogP contribution in [0.3, 0.4) is 0 Å². The van der Waals surface area contributed by atoms with Gasteiger partial charge in [-0.15, -0.1) is 6.58 Å². The summed E-state index contributed by atoms with van der Waals surface area (Å²) in [7, 11) is 0. The van der Waals surface area contributed by atoms with Gasteiger partial charge < -0.3 is 9.64 Å². The molecule has 19 heavy (non-hydrogen) atoms. The van der Waals surface area contributed by atoms with Crippen LogP contribution in [0.1, 0.15) is 18.4 Å². The van der Waals surface area contributed by atoms with Crippen LogP contribution in [0.4, 0.5) is 4.79 Å². The molecule has 1 aliphatic carbocycles. The number of allylic oxidation sites excluding steroid dienone is 1. The number of benzene rings is 1. The quantitative estimate of drug-likeness (QED) is 0.778. The van der Waals surface area contributed by atoms with Crippen molar-refractivity contribution in [2.45, 2.75) is 19.4 Å². The monoisotopic (exact) mass is 257 g/mol. The lowest BCUT2D eigenvalue weighted by Crippen LogP contribution is -2.63. The van der Waals surface area contributed by atoms with Gasteiger partial charge in [0.15, 0.2) is 0 Å². The maximum atomic E-state index is 11.9. The first kappa shape index (κ1) is 12.3. The van der Waals surface area contributed by atoms with E-state index in [2.05, 4.69) is 6.58 Å². The maximum absolute atomic E-state index is 11.9. The lowest BCUT2D eigenvalue weighted by Gasteiger charge is -2.58. The summed E-state index contributed by atoms with van der Waals surface area (Å²) in [4.78, 5) is 13.7. The van der Waals surface area contributed by atoms with Crippen molar-refractivity contribution in [2.75, 3.05) is 13.1 Å². The summed E-state index contributed by atoms with van der Waals surface area (Å²) >= 11 is 0. The summed E-state index contributed by atoms with van der Waals surface area (Å²) in [5, 5.41) is 0. The van der Waals surface area contributed by atoms with E-state index in [-0.39, 0.29) is 6.09 Å². The third kappa shape index (κ3) is 2.37. The zero-order valence-corrected chi connectivity index (χ0v) is 11.0. The van der Waals surface area contributed by atoms with Gasteiger partial charge in [-0.3, -0.25) is 0 Å². The first-order chi connectivity index (χ1) is 9.21. The molecular weight excluding hydrogens is 238 g/mol. The van der Waals surface area contributed by atoms with Crippen molar-refractivity contribution in [2.24, 2.45) is 11.3 Å². The molecule has 3 rings (SSSR count). The Hall–Kier alpha value is -1.77. The second-order valence-corrected chi connectivity index (χ2v) is 5.80. The molecule has 0 unspecified atom stereocenters. The van der Waals surface area contributed by atoms with Gasteiger partial charge in [0.05, 0.1) is 0 Å². The highest BCUT2D eigenvalue weighted by Gasteiger charge is 2.53. The molecule has 2 fully saturated rings. The second-order valence-electron chi connectivity index (χ2n) is 5.80. The zero-order valence-electron chi connectivity index (χ0n) is 11.0. The summed E-state index contributed by atoms with van der Waals surface area (Å²) in [6.45, 7) is 5.88. The molecule has 3 heteroatoms. The molecule has 100 valence electrons. The number of nitrogens with zero attached hydrogens (tertiary/aromatic N) is 1. The Bertz CT molecular complexity index is 469. The minimum absolute atomic E-state index is 0.184. The van der Waals surface area contributed by atoms with Crippen LogP contribution in [-0.4, -0.2) is 24.1 Å². The van der Waals surface area contributed by atoms with E-state index < -0.39 is 0 Å². The maximum Gasteiger partial charge on any atom is 0.410 e. The molecule has 0 aromatic heterocycles. The molecule has 0 atom stereocenters. The molecule has 1 saturated heterocycles. The Morgan fingerprint density at radius 3 is 2.68 bits per heavy atom. The molecule has 1 heterocycles. The SMILES string of the molecule is C=CC1CC2(C1)CN(C(=O)OCc1ccccc1)C2. The van der Waals surface area contributed by atoms with E-state index >= 15 is 0 Å². The van der Waals surface area contributed by atoms with Crippen LogP contribution in [0, 0.1) is 11.3 Å². The molecule has 1 aromatic rings. The molecule has 1 saturated carbocycles. The molecule has 0 N–H and O–H groups in total. The van der Waals surface area contributed by atoms with Gasteiger partial charge in [0.25, 0.3) is 0 Å². The summed E-state index contributed by atoms with van der Waals surface area (Å²) < 4.78 is 5.31. The van der Waals surface area contributed by atoms with Crippen LogP contribution in [0.2, 0.25) is 0 Å². The van der Waals surface area contributed by atoms with Crippen molar-refractivity contribution in [3.05, 3.63) is 48.6 Å². The van der Waals surface area contributed by atoms with E-state index in [1.165, 1.54) is 12.8 Å². The molecule has 2 aliphatic rings. The number of ether oxygens (including phenoxy) is 1. The van der Waals surface area contributed by atoms with Gasteiger partial charge >= 0.3 is 6.09 Å². The minimum atomic E-state index is -0.184. The fraction of sp³-hybridized carbons (Fsp3) is 0.438. The lowest BCUT2D eigenvalue weighted by molar-refractivity contribution is -0.0736. The van der Waals surface area contributed by atoms with Gasteiger partial charge in [-0.1, -0.05) is 36.4 Å². The van der Waals surface area contributed by atoms with Crippen molar-refractivity contribution in [3.8, 4) is 0 Å². The number of carbonyl (C=O) groups is 1. The summed E-state index contributed by atoms with van der Waals surface area (Å²) in [6.07, 6.45) is 4.20. The molecule has 1 amide bonds.